The molecule has 0 aliphatic rings. The van der Waals surface area contributed by atoms with Crippen LogP contribution in [0.2, 0.25) is 0 Å². The van der Waals surface area contributed by atoms with Gasteiger partial charge in [-0.15, -0.1) is 11.3 Å². The van der Waals surface area contributed by atoms with Crippen molar-refractivity contribution < 1.29 is 0 Å². The molecule has 0 radical (unpaired) electrons. The summed E-state index contributed by atoms with van der Waals surface area (Å²) in [5, 5.41) is 9.97. The van der Waals surface area contributed by atoms with Crippen LogP contribution in [0.1, 0.15) is 0 Å². The third kappa shape index (κ3) is 4.61. The molecule has 4 heteroatoms. The molecule has 3 nitrogen and oxygen atoms in total. The second-order valence-electron chi connectivity index (χ2n) is 12.4. The lowest BCUT2D eigenvalue weighted by Gasteiger charge is -2.13. The number of hydrogen-bond donors (Lipinski definition) is 0. The van der Waals surface area contributed by atoms with E-state index in [2.05, 4.69) is 127 Å². The maximum absolute atomic E-state index is 5.08. The Morgan fingerprint density at radius 2 is 0.939 bits per heavy atom. The Kier molecular flexibility index (Phi) is 6.36. The summed E-state index contributed by atoms with van der Waals surface area (Å²) in [7, 11) is 0. The van der Waals surface area contributed by atoms with Gasteiger partial charge in [-0.3, -0.25) is 0 Å². The van der Waals surface area contributed by atoms with E-state index in [9.17, 15) is 0 Å². The highest BCUT2D eigenvalue weighted by Gasteiger charge is 2.18. The first-order valence-corrected chi connectivity index (χ1v) is 17.3. The van der Waals surface area contributed by atoms with Crippen LogP contribution >= 0.6 is 11.3 Å². The normalized spacial score (nSPS) is 11.7. The summed E-state index contributed by atoms with van der Waals surface area (Å²) in [6.45, 7) is 0. The lowest BCUT2D eigenvalue weighted by atomic mass is 9.91. The van der Waals surface area contributed by atoms with Crippen LogP contribution in [0, 0.1) is 0 Å². The third-order valence-corrected chi connectivity index (χ3v) is 10.7. The molecule has 0 unspecified atom stereocenters. The molecule has 0 saturated carbocycles. The second kappa shape index (κ2) is 11.2. The van der Waals surface area contributed by atoms with Gasteiger partial charge in [0.05, 0.1) is 0 Å². The molecule has 2 aromatic heterocycles. The summed E-state index contributed by atoms with van der Waals surface area (Å²) < 4.78 is 2.63. The van der Waals surface area contributed by atoms with Gasteiger partial charge < -0.3 is 0 Å². The van der Waals surface area contributed by atoms with Gasteiger partial charge in [-0.05, 0) is 56.3 Å². The van der Waals surface area contributed by atoms with E-state index in [0.717, 1.165) is 27.5 Å². The molecule has 49 heavy (non-hydrogen) atoms. The molecule has 2 heterocycles. The third-order valence-electron chi connectivity index (χ3n) is 9.49. The van der Waals surface area contributed by atoms with E-state index in [0.29, 0.717) is 17.5 Å². The van der Waals surface area contributed by atoms with Crippen LogP contribution in [0.25, 0.3) is 97.8 Å². The number of thiophene rings is 1. The first kappa shape index (κ1) is 27.8. The fourth-order valence-corrected chi connectivity index (χ4v) is 8.47. The Morgan fingerprint density at radius 3 is 1.71 bits per heavy atom. The Bertz CT molecular complexity index is 2820. The Hall–Kier alpha value is -6.23. The van der Waals surface area contributed by atoms with Gasteiger partial charge in [0.2, 0.25) is 0 Å². The molecule has 0 aliphatic carbocycles. The highest BCUT2D eigenvalue weighted by molar-refractivity contribution is 7.27. The number of benzene rings is 8. The molecule has 0 aliphatic heterocycles. The summed E-state index contributed by atoms with van der Waals surface area (Å²) in [5.74, 6) is 1.98. The first-order valence-electron chi connectivity index (χ1n) is 16.4. The maximum atomic E-state index is 5.08. The minimum atomic E-state index is 0.658. The average Bonchev–Trinajstić information content (AvgIpc) is 3.57. The standard InChI is InChI=1S/C45H27N3S/c1-3-13-30(14-4-1)43-46-44(31-15-5-2-6-16-31)48-45(47-43)35-20-11-17-29-22-24-32(26-37(29)35)38-27-33-25-23-28-12-7-8-18-34(28)40(33)42-41(38)36-19-9-10-21-39(36)49-42/h1-27H. The number of nitrogens with zero attached hydrogens (tertiary/aromatic N) is 3. The highest BCUT2D eigenvalue weighted by atomic mass is 32.1. The molecule has 10 aromatic rings. The largest absolute Gasteiger partial charge is 0.208 e. The summed E-state index contributed by atoms with van der Waals surface area (Å²) >= 11 is 1.89. The fourth-order valence-electron chi connectivity index (χ4n) is 7.17. The monoisotopic (exact) mass is 641 g/mol. The number of hydrogen-bond acceptors (Lipinski definition) is 4. The van der Waals surface area contributed by atoms with Gasteiger partial charge in [-0.2, -0.15) is 0 Å². The number of rotatable bonds is 4. The van der Waals surface area contributed by atoms with Gasteiger partial charge in [0.1, 0.15) is 0 Å². The molecule has 10 rings (SSSR count). The van der Waals surface area contributed by atoms with Crippen molar-refractivity contribution in [1.82, 2.24) is 15.0 Å². The van der Waals surface area contributed by atoms with E-state index < -0.39 is 0 Å². The smallest absolute Gasteiger partial charge is 0.164 e. The molecule has 8 aromatic carbocycles. The van der Waals surface area contributed by atoms with Gasteiger partial charge >= 0.3 is 0 Å². The summed E-state index contributed by atoms with van der Waals surface area (Å²) in [5.41, 5.74) is 5.30. The highest BCUT2D eigenvalue weighted by Crippen LogP contribution is 2.46. The molecule has 228 valence electrons. The van der Waals surface area contributed by atoms with Gasteiger partial charge in [0.15, 0.2) is 17.5 Å². The molecule has 0 amide bonds. The van der Waals surface area contributed by atoms with Crippen LogP contribution < -0.4 is 0 Å². The van der Waals surface area contributed by atoms with Crippen LogP contribution in [0.3, 0.4) is 0 Å². The number of aromatic nitrogens is 3. The molecule has 0 spiro atoms. The van der Waals surface area contributed by atoms with E-state index in [1.54, 1.807) is 0 Å². The fraction of sp³-hybridized carbons (Fsp3) is 0. The van der Waals surface area contributed by atoms with Crippen molar-refractivity contribution in [2.45, 2.75) is 0 Å². The minimum Gasteiger partial charge on any atom is -0.208 e. The van der Waals surface area contributed by atoms with E-state index >= 15 is 0 Å². The molecule has 0 atom stereocenters. The molecule has 0 bridgehead atoms. The van der Waals surface area contributed by atoms with E-state index in [-0.39, 0.29) is 0 Å². The first-order chi connectivity index (χ1) is 24.3. The van der Waals surface area contributed by atoms with Crippen LogP contribution in [0.5, 0.6) is 0 Å². The van der Waals surface area contributed by atoms with Crippen LogP contribution in [0.15, 0.2) is 164 Å². The SMILES string of the molecule is c1ccc(-c2nc(-c3ccccc3)nc(-c3cccc4ccc(-c5cc6ccc7ccccc7c6c6sc7ccccc7c56)cc34)n2)cc1. The van der Waals surface area contributed by atoms with Crippen molar-refractivity contribution in [1.29, 1.82) is 0 Å². The van der Waals surface area contributed by atoms with E-state index in [1.807, 2.05) is 47.7 Å². The van der Waals surface area contributed by atoms with Crippen molar-refractivity contribution in [2.24, 2.45) is 0 Å². The average molecular weight is 642 g/mol. The van der Waals surface area contributed by atoms with E-state index in [4.69, 9.17) is 15.0 Å². The predicted molar refractivity (Wildman–Crippen MR) is 207 cm³/mol. The second-order valence-corrected chi connectivity index (χ2v) is 13.4. The van der Waals surface area contributed by atoms with E-state index in [1.165, 1.54) is 52.8 Å². The van der Waals surface area contributed by atoms with Gasteiger partial charge in [-0.1, -0.05) is 146 Å². The summed E-state index contributed by atoms with van der Waals surface area (Å²) in [6.07, 6.45) is 0. The zero-order valence-electron chi connectivity index (χ0n) is 26.3. The quantitative estimate of drug-likeness (QED) is 0.180. The topological polar surface area (TPSA) is 38.7 Å². The summed E-state index contributed by atoms with van der Waals surface area (Å²) in [6, 6.07) is 58.0. The number of fused-ring (bicyclic) bond motifs is 8. The molecular formula is C45H27N3S. The van der Waals surface area contributed by atoms with Crippen LogP contribution in [-0.4, -0.2) is 15.0 Å². The van der Waals surface area contributed by atoms with Crippen molar-refractivity contribution in [3.05, 3.63) is 164 Å². The van der Waals surface area contributed by atoms with Crippen molar-refractivity contribution in [2.75, 3.05) is 0 Å². The van der Waals surface area contributed by atoms with Gasteiger partial charge in [0, 0.05) is 42.2 Å². The predicted octanol–water partition coefficient (Wildman–Crippen LogP) is 12.4. The zero-order chi connectivity index (χ0) is 32.3. The van der Waals surface area contributed by atoms with Gasteiger partial charge in [0.25, 0.3) is 0 Å². The van der Waals surface area contributed by atoms with Crippen molar-refractivity contribution >= 4 is 63.8 Å². The van der Waals surface area contributed by atoms with Crippen molar-refractivity contribution in [3.8, 4) is 45.3 Å². The maximum Gasteiger partial charge on any atom is 0.164 e. The molecular weight excluding hydrogens is 615 g/mol. The van der Waals surface area contributed by atoms with Gasteiger partial charge in [-0.25, -0.2) is 15.0 Å². The van der Waals surface area contributed by atoms with Crippen LogP contribution in [0.4, 0.5) is 0 Å². The summed E-state index contributed by atoms with van der Waals surface area (Å²) in [4.78, 5) is 15.1. The Balaban J connectivity index is 1.24. The minimum absolute atomic E-state index is 0.658. The molecule has 0 saturated heterocycles. The zero-order valence-corrected chi connectivity index (χ0v) is 27.2. The Labute approximate surface area is 286 Å². The van der Waals surface area contributed by atoms with Crippen molar-refractivity contribution in [3.63, 3.8) is 0 Å². The molecule has 0 fully saturated rings. The Morgan fingerprint density at radius 1 is 0.347 bits per heavy atom. The van der Waals surface area contributed by atoms with Crippen LogP contribution in [-0.2, 0) is 0 Å². The lowest BCUT2D eigenvalue weighted by Crippen LogP contribution is -2.00. The molecule has 0 N–H and O–H groups in total. The lowest BCUT2D eigenvalue weighted by molar-refractivity contribution is 1.08.